The van der Waals surface area contributed by atoms with Gasteiger partial charge in [0.2, 0.25) is 0 Å². The van der Waals surface area contributed by atoms with Crippen LogP contribution in [0.5, 0.6) is 0 Å². The van der Waals surface area contributed by atoms with Crippen molar-refractivity contribution in [1.82, 2.24) is 24.7 Å². The summed E-state index contributed by atoms with van der Waals surface area (Å²) in [6.45, 7) is 3.70. The second-order valence-electron chi connectivity index (χ2n) is 4.43. The summed E-state index contributed by atoms with van der Waals surface area (Å²) in [5.74, 6) is -0.714. The van der Waals surface area contributed by atoms with Gasteiger partial charge in [-0.1, -0.05) is 0 Å². The van der Waals surface area contributed by atoms with Crippen molar-refractivity contribution < 1.29 is 9.90 Å². The fourth-order valence-electron chi connectivity index (χ4n) is 1.94. The Balaban J connectivity index is 2.17. The Morgan fingerprint density at radius 1 is 1.29 bits per heavy atom. The molecule has 0 saturated carbocycles. The number of thiazole rings is 1. The number of aryl methyl sites for hydroxylation is 2. The van der Waals surface area contributed by atoms with Crippen LogP contribution in [0.2, 0.25) is 0 Å². The molecule has 0 spiro atoms. The van der Waals surface area contributed by atoms with E-state index in [9.17, 15) is 9.90 Å². The SMILES string of the molecule is Cc1cc(C)nc(-n2cc(C(=O)O)c(-c3nccs3)n2)n1. The molecule has 0 atom stereocenters. The average molecular weight is 301 g/mol. The highest BCUT2D eigenvalue weighted by molar-refractivity contribution is 7.13. The lowest BCUT2D eigenvalue weighted by Gasteiger charge is -2.01. The third-order valence-electron chi connectivity index (χ3n) is 2.75. The summed E-state index contributed by atoms with van der Waals surface area (Å²) in [4.78, 5) is 24.0. The number of carboxylic acid groups (broad SMARTS) is 1. The Labute approximate surface area is 124 Å². The van der Waals surface area contributed by atoms with Crippen molar-refractivity contribution in [2.24, 2.45) is 0 Å². The monoisotopic (exact) mass is 301 g/mol. The number of aromatic nitrogens is 5. The molecule has 3 aromatic rings. The van der Waals surface area contributed by atoms with Crippen LogP contribution >= 0.6 is 11.3 Å². The molecule has 0 radical (unpaired) electrons. The van der Waals surface area contributed by atoms with Gasteiger partial charge < -0.3 is 5.11 Å². The third kappa shape index (κ3) is 2.52. The van der Waals surface area contributed by atoms with Gasteiger partial charge in [-0.3, -0.25) is 0 Å². The summed E-state index contributed by atoms with van der Waals surface area (Å²) in [5.41, 5.74) is 1.98. The topological polar surface area (TPSA) is 93.8 Å². The maximum Gasteiger partial charge on any atom is 0.339 e. The molecule has 3 heterocycles. The minimum absolute atomic E-state index is 0.0766. The van der Waals surface area contributed by atoms with Gasteiger partial charge in [0.25, 0.3) is 5.95 Å². The highest BCUT2D eigenvalue weighted by atomic mass is 32.1. The molecule has 0 saturated heterocycles. The number of hydrogen-bond donors (Lipinski definition) is 1. The lowest BCUT2D eigenvalue weighted by atomic mass is 10.2. The van der Waals surface area contributed by atoms with Crippen LogP contribution in [0.4, 0.5) is 0 Å². The Morgan fingerprint density at radius 2 is 2.00 bits per heavy atom. The van der Waals surface area contributed by atoms with Crippen LogP contribution in [0.3, 0.4) is 0 Å². The lowest BCUT2D eigenvalue weighted by Crippen LogP contribution is -2.04. The minimum atomic E-state index is -1.06. The standard InChI is InChI=1S/C13H11N5O2S/c1-7-5-8(2)16-13(15-7)18-6-9(12(19)20)10(17-18)11-14-3-4-21-11/h3-6H,1-2H3,(H,19,20). The van der Waals surface area contributed by atoms with Gasteiger partial charge in [0, 0.05) is 29.2 Å². The molecule has 7 nitrogen and oxygen atoms in total. The maximum absolute atomic E-state index is 11.4. The average Bonchev–Trinajstić information content (AvgIpc) is 3.06. The zero-order valence-corrected chi connectivity index (χ0v) is 12.1. The number of nitrogens with zero attached hydrogens (tertiary/aromatic N) is 5. The molecular weight excluding hydrogens is 290 g/mol. The second-order valence-corrected chi connectivity index (χ2v) is 5.32. The Morgan fingerprint density at radius 3 is 2.57 bits per heavy atom. The summed E-state index contributed by atoms with van der Waals surface area (Å²) in [7, 11) is 0. The van der Waals surface area contributed by atoms with E-state index in [0.29, 0.717) is 16.6 Å². The molecule has 1 N–H and O–H groups in total. The predicted octanol–water partition coefficient (Wildman–Crippen LogP) is 2.10. The van der Waals surface area contributed by atoms with E-state index in [1.807, 2.05) is 19.9 Å². The van der Waals surface area contributed by atoms with Crippen molar-refractivity contribution in [3.8, 4) is 16.6 Å². The van der Waals surface area contributed by atoms with Crippen LogP contribution in [0, 0.1) is 13.8 Å². The first kappa shape index (κ1) is 13.4. The quantitative estimate of drug-likeness (QED) is 0.796. The minimum Gasteiger partial charge on any atom is -0.478 e. The van der Waals surface area contributed by atoms with Crippen LogP contribution in [0.15, 0.2) is 23.8 Å². The molecule has 0 amide bonds. The summed E-state index contributed by atoms with van der Waals surface area (Å²) >= 11 is 1.33. The molecule has 0 aliphatic carbocycles. The summed E-state index contributed by atoms with van der Waals surface area (Å²) in [6, 6.07) is 1.84. The highest BCUT2D eigenvalue weighted by Crippen LogP contribution is 2.25. The summed E-state index contributed by atoms with van der Waals surface area (Å²) in [6.07, 6.45) is 3.02. The number of carboxylic acids is 1. The third-order valence-corrected chi connectivity index (χ3v) is 3.53. The van der Waals surface area contributed by atoms with Crippen molar-refractivity contribution in [2.45, 2.75) is 13.8 Å². The molecule has 0 aromatic carbocycles. The fourth-order valence-corrected chi connectivity index (χ4v) is 2.58. The zero-order chi connectivity index (χ0) is 15.0. The van der Waals surface area contributed by atoms with Crippen molar-refractivity contribution in [3.63, 3.8) is 0 Å². The Bertz CT molecular complexity index is 790. The smallest absolute Gasteiger partial charge is 0.339 e. The predicted molar refractivity (Wildman–Crippen MR) is 76.7 cm³/mol. The lowest BCUT2D eigenvalue weighted by molar-refractivity contribution is 0.0697. The van der Waals surface area contributed by atoms with Gasteiger partial charge >= 0.3 is 5.97 Å². The van der Waals surface area contributed by atoms with Gasteiger partial charge in [-0.15, -0.1) is 11.3 Å². The van der Waals surface area contributed by atoms with Crippen LogP contribution in [-0.4, -0.2) is 35.8 Å². The normalized spacial score (nSPS) is 10.8. The number of hydrogen-bond acceptors (Lipinski definition) is 6. The molecule has 21 heavy (non-hydrogen) atoms. The van der Waals surface area contributed by atoms with E-state index in [-0.39, 0.29) is 5.56 Å². The molecule has 0 fully saturated rings. The number of carbonyl (C=O) groups is 1. The molecule has 8 heteroatoms. The second kappa shape index (κ2) is 5.06. The van der Waals surface area contributed by atoms with Crippen LogP contribution < -0.4 is 0 Å². The van der Waals surface area contributed by atoms with Crippen molar-refractivity contribution in [2.75, 3.05) is 0 Å². The first-order valence-corrected chi connectivity index (χ1v) is 6.98. The van der Waals surface area contributed by atoms with Crippen LogP contribution in [-0.2, 0) is 0 Å². The fraction of sp³-hybridized carbons (Fsp3) is 0.154. The number of aromatic carboxylic acids is 1. The maximum atomic E-state index is 11.4. The van der Waals surface area contributed by atoms with Crippen LogP contribution in [0.25, 0.3) is 16.6 Å². The van der Waals surface area contributed by atoms with Gasteiger partial charge in [-0.2, -0.15) is 5.10 Å². The molecule has 3 rings (SSSR count). The number of rotatable bonds is 3. The van der Waals surface area contributed by atoms with Crippen molar-refractivity contribution >= 4 is 17.3 Å². The molecule has 106 valence electrons. The molecular formula is C13H11N5O2S. The Hall–Kier alpha value is -2.61. The van der Waals surface area contributed by atoms with E-state index >= 15 is 0 Å². The van der Waals surface area contributed by atoms with Crippen molar-refractivity contribution in [3.05, 3.63) is 40.8 Å². The molecule has 0 bridgehead atoms. The van der Waals surface area contributed by atoms with E-state index in [1.54, 1.807) is 11.6 Å². The van der Waals surface area contributed by atoms with Crippen molar-refractivity contribution in [1.29, 1.82) is 0 Å². The van der Waals surface area contributed by atoms with E-state index < -0.39 is 5.97 Å². The van der Waals surface area contributed by atoms with Gasteiger partial charge in [-0.25, -0.2) is 24.4 Å². The van der Waals surface area contributed by atoms with Gasteiger partial charge in [0.15, 0.2) is 0 Å². The first-order chi connectivity index (χ1) is 10.0. The summed E-state index contributed by atoms with van der Waals surface area (Å²) < 4.78 is 1.38. The first-order valence-electron chi connectivity index (χ1n) is 6.10. The van der Waals surface area contributed by atoms with E-state index in [4.69, 9.17) is 0 Å². The molecule has 0 aliphatic heterocycles. The van der Waals surface area contributed by atoms with Crippen LogP contribution in [0.1, 0.15) is 21.7 Å². The molecule has 3 aromatic heterocycles. The molecule has 0 unspecified atom stereocenters. The Kier molecular flexibility index (Phi) is 3.22. The van der Waals surface area contributed by atoms with Gasteiger partial charge in [0.1, 0.15) is 16.3 Å². The van der Waals surface area contributed by atoms with Gasteiger partial charge in [0.05, 0.1) is 0 Å². The molecule has 0 aliphatic rings. The van der Waals surface area contributed by atoms with E-state index in [0.717, 1.165) is 11.4 Å². The zero-order valence-electron chi connectivity index (χ0n) is 11.3. The van der Waals surface area contributed by atoms with Gasteiger partial charge in [-0.05, 0) is 19.9 Å². The highest BCUT2D eigenvalue weighted by Gasteiger charge is 2.20. The largest absolute Gasteiger partial charge is 0.478 e. The van der Waals surface area contributed by atoms with E-state index in [2.05, 4.69) is 20.1 Å². The van der Waals surface area contributed by atoms with E-state index in [1.165, 1.54) is 22.2 Å². The summed E-state index contributed by atoms with van der Waals surface area (Å²) in [5, 5.41) is 15.9.